The van der Waals surface area contributed by atoms with Gasteiger partial charge in [0.25, 0.3) is 0 Å². The molecule has 0 saturated heterocycles. The number of amides is 1. The number of carbonyl (C=O) groups is 1. The highest BCUT2D eigenvalue weighted by Gasteiger charge is 2.17. The van der Waals surface area contributed by atoms with E-state index in [0.717, 1.165) is 0 Å². The van der Waals surface area contributed by atoms with Crippen molar-refractivity contribution in [1.82, 2.24) is 25.5 Å². The van der Waals surface area contributed by atoms with Gasteiger partial charge in [0.05, 0.1) is 6.04 Å². The molecule has 0 spiro atoms. The Bertz CT molecular complexity index is 738. The predicted molar refractivity (Wildman–Crippen MR) is 100 cm³/mol. The van der Waals surface area contributed by atoms with Gasteiger partial charge in [0.15, 0.2) is 5.82 Å². The van der Waals surface area contributed by atoms with Gasteiger partial charge >= 0.3 is 7.32 Å². The van der Waals surface area contributed by atoms with Crippen molar-refractivity contribution in [3.63, 3.8) is 0 Å². The molecule has 0 fully saturated rings. The van der Waals surface area contributed by atoms with E-state index in [2.05, 4.69) is 25.5 Å². The molecule has 0 saturated carbocycles. The quantitative estimate of drug-likeness (QED) is 0.288. The van der Waals surface area contributed by atoms with E-state index in [0.29, 0.717) is 30.7 Å². The Morgan fingerprint density at radius 3 is 2.82 bits per heavy atom. The van der Waals surface area contributed by atoms with Crippen LogP contribution in [-0.2, 0) is 22.5 Å². The normalized spacial score (nSPS) is 11.6. The number of hydrogen-bond donors (Lipinski definition) is 4. The zero-order valence-electron chi connectivity index (χ0n) is 15.1. The Morgan fingerprint density at radius 1 is 1.36 bits per heavy atom. The molecule has 0 radical (unpaired) electrons. The third-order valence-electron chi connectivity index (χ3n) is 3.79. The maximum atomic E-state index is 13.6. The van der Waals surface area contributed by atoms with Crippen LogP contribution in [0.25, 0.3) is 0 Å². The predicted octanol–water partition coefficient (Wildman–Crippen LogP) is -0.293. The van der Waals surface area contributed by atoms with Gasteiger partial charge in [0.1, 0.15) is 12.4 Å². The van der Waals surface area contributed by atoms with Crippen LogP contribution in [0, 0.1) is 5.82 Å². The van der Waals surface area contributed by atoms with Gasteiger partial charge in [-0.1, -0.05) is 18.2 Å². The highest BCUT2D eigenvalue weighted by atomic mass is 35.5. The summed E-state index contributed by atoms with van der Waals surface area (Å²) in [7, 11) is -1.78. The van der Waals surface area contributed by atoms with E-state index >= 15 is 0 Å². The fourth-order valence-electron chi connectivity index (χ4n) is 2.40. The van der Waals surface area contributed by atoms with Crippen molar-refractivity contribution < 1.29 is 23.9 Å². The number of aromatic nitrogens is 4. The topological polar surface area (TPSA) is 148 Å². The minimum absolute atomic E-state index is 0. The average molecular weight is 417 g/mol. The van der Waals surface area contributed by atoms with Gasteiger partial charge in [0, 0.05) is 18.7 Å². The largest absolute Gasteiger partial charge is 0.633 e. The Kier molecular flexibility index (Phi) is 10.6. The monoisotopic (exact) mass is 416 g/mol. The summed E-state index contributed by atoms with van der Waals surface area (Å²) in [5, 5.41) is 31.0. The van der Waals surface area contributed by atoms with Gasteiger partial charge < -0.3 is 25.8 Å². The molecule has 0 bridgehead atoms. The molecule has 1 atom stereocenters. The molecule has 0 aliphatic rings. The molecular weight excluding hydrogens is 393 g/mol. The molecule has 13 heteroatoms. The Balaban J connectivity index is 0.00000392. The second-order valence-corrected chi connectivity index (χ2v) is 5.86. The van der Waals surface area contributed by atoms with Crippen molar-refractivity contribution in [2.24, 2.45) is 5.73 Å². The number of halogens is 2. The second kappa shape index (κ2) is 12.4. The SMILES string of the molecule is Cl.NC(CCCCOB(O)O)c1nnnn1CC(=O)NCc1ccccc1F. The van der Waals surface area contributed by atoms with E-state index in [4.69, 9.17) is 15.8 Å². The summed E-state index contributed by atoms with van der Waals surface area (Å²) in [6, 6.07) is 5.70. The lowest BCUT2D eigenvalue weighted by molar-refractivity contribution is -0.122. The standard InChI is InChI=1S/C15H22BFN6O4.ClH/c17-12-6-2-1-5-11(12)9-19-14(24)10-23-15(20-21-22-23)13(18)7-3-4-8-27-16(25)26;/h1-2,5-6,13,25-26H,3-4,7-10,18H2,(H,19,24);1H. The van der Waals surface area contributed by atoms with Crippen LogP contribution in [0.3, 0.4) is 0 Å². The lowest BCUT2D eigenvalue weighted by Gasteiger charge is -2.12. The first kappa shape index (κ1) is 23.9. The van der Waals surface area contributed by atoms with E-state index in [-0.39, 0.29) is 43.8 Å². The van der Waals surface area contributed by atoms with Crippen LogP contribution in [0.2, 0.25) is 0 Å². The molecule has 0 aliphatic heterocycles. The lowest BCUT2D eigenvalue weighted by Crippen LogP contribution is -2.30. The summed E-state index contributed by atoms with van der Waals surface area (Å²) in [4.78, 5) is 12.1. The maximum absolute atomic E-state index is 13.6. The first-order valence-electron chi connectivity index (χ1n) is 8.47. The highest BCUT2D eigenvalue weighted by molar-refractivity contribution is 6.32. The summed E-state index contributed by atoms with van der Waals surface area (Å²) in [6.07, 6.45) is 1.76. The van der Waals surface area contributed by atoms with Crippen LogP contribution < -0.4 is 11.1 Å². The van der Waals surface area contributed by atoms with Gasteiger partial charge in [-0.05, 0) is 35.8 Å². The minimum atomic E-state index is -1.78. The molecule has 1 amide bonds. The first-order valence-corrected chi connectivity index (χ1v) is 8.47. The first-order chi connectivity index (χ1) is 13.0. The third kappa shape index (κ3) is 7.86. The molecule has 2 rings (SSSR count). The molecule has 1 aromatic carbocycles. The molecule has 0 aliphatic carbocycles. The maximum Gasteiger partial charge on any atom is 0.633 e. The van der Waals surface area contributed by atoms with E-state index in [1.807, 2.05) is 0 Å². The number of unbranched alkanes of at least 4 members (excludes halogenated alkanes) is 1. The van der Waals surface area contributed by atoms with Gasteiger partial charge in [-0.2, -0.15) is 0 Å². The fourth-order valence-corrected chi connectivity index (χ4v) is 2.40. The van der Waals surface area contributed by atoms with E-state index in [9.17, 15) is 9.18 Å². The van der Waals surface area contributed by atoms with Gasteiger partial charge in [0.2, 0.25) is 5.91 Å². The van der Waals surface area contributed by atoms with Crippen molar-refractivity contribution in [3.05, 3.63) is 41.5 Å². The number of hydrogen-bond acceptors (Lipinski definition) is 8. The summed E-state index contributed by atoms with van der Waals surface area (Å²) in [6.45, 7) is 0.115. The van der Waals surface area contributed by atoms with E-state index in [1.54, 1.807) is 18.2 Å². The van der Waals surface area contributed by atoms with E-state index in [1.165, 1.54) is 10.7 Å². The molecule has 1 unspecified atom stereocenters. The molecule has 154 valence electrons. The molecule has 5 N–H and O–H groups in total. The molecular formula is C15H23BClFN6O4. The van der Waals surface area contributed by atoms with Crippen LogP contribution in [0.1, 0.15) is 36.7 Å². The number of rotatable bonds is 11. The highest BCUT2D eigenvalue weighted by Crippen LogP contribution is 2.13. The van der Waals surface area contributed by atoms with Crippen LogP contribution in [0.4, 0.5) is 4.39 Å². The number of nitrogens with two attached hydrogens (primary N) is 1. The van der Waals surface area contributed by atoms with Crippen molar-refractivity contribution in [2.45, 2.75) is 38.4 Å². The van der Waals surface area contributed by atoms with E-state index < -0.39 is 13.4 Å². The summed E-state index contributed by atoms with van der Waals surface area (Å²) < 4.78 is 19.5. The summed E-state index contributed by atoms with van der Waals surface area (Å²) in [5.41, 5.74) is 6.44. The zero-order chi connectivity index (χ0) is 19.6. The smallest absolute Gasteiger partial charge is 0.402 e. The minimum Gasteiger partial charge on any atom is -0.402 e. The van der Waals surface area contributed by atoms with Crippen molar-refractivity contribution in [3.8, 4) is 0 Å². The van der Waals surface area contributed by atoms with Crippen LogP contribution in [0.5, 0.6) is 0 Å². The third-order valence-corrected chi connectivity index (χ3v) is 3.79. The second-order valence-electron chi connectivity index (χ2n) is 5.86. The number of nitrogens with zero attached hydrogens (tertiary/aromatic N) is 4. The lowest BCUT2D eigenvalue weighted by atomic mass is 10.1. The number of carbonyl (C=O) groups excluding carboxylic acids is 1. The fraction of sp³-hybridized carbons (Fsp3) is 0.467. The molecule has 1 heterocycles. The number of benzene rings is 1. The van der Waals surface area contributed by atoms with Gasteiger partial charge in [-0.3, -0.25) is 4.79 Å². The van der Waals surface area contributed by atoms with Crippen LogP contribution >= 0.6 is 12.4 Å². The molecule has 10 nitrogen and oxygen atoms in total. The number of tetrazole rings is 1. The van der Waals surface area contributed by atoms with Crippen LogP contribution in [-0.4, -0.2) is 50.1 Å². The average Bonchev–Trinajstić information content (AvgIpc) is 3.08. The Morgan fingerprint density at radius 2 is 2.11 bits per heavy atom. The van der Waals surface area contributed by atoms with Gasteiger partial charge in [-0.15, -0.1) is 17.5 Å². The molecule has 2 aromatic rings. The van der Waals surface area contributed by atoms with Gasteiger partial charge in [-0.25, -0.2) is 9.07 Å². The summed E-state index contributed by atoms with van der Waals surface area (Å²) >= 11 is 0. The Hall–Kier alpha value is -2.12. The number of nitrogens with one attached hydrogen (secondary N) is 1. The van der Waals surface area contributed by atoms with Crippen molar-refractivity contribution in [2.75, 3.05) is 6.61 Å². The zero-order valence-corrected chi connectivity index (χ0v) is 15.9. The molecule has 1 aromatic heterocycles. The van der Waals surface area contributed by atoms with Crippen molar-refractivity contribution in [1.29, 1.82) is 0 Å². The van der Waals surface area contributed by atoms with Crippen LogP contribution in [0.15, 0.2) is 24.3 Å². The summed E-state index contributed by atoms with van der Waals surface area (Å²) in [5.74, 6) is -0.399. The van der Waals surface area contributed by atoms with Crippen molar-refractivity contribution >= 4 is 25.6 Å². The Labute approximate surface area is 167 Å². The molecule has 28 heavy (non-hydrogen) atoms.